The molecule has 17 heavy (non-hydrogen) atoms. The summed E-state index contributed by atoms with van der Waals surface area (Å²) in [5.41, 5.74) is 0.699. The number of ether oxygens (including phenoxy) is 1. The highest BCUT2D eigenvalue weighted by Crippen LogP contribution is 2.22. The Kier molecular flexibility index (Phi) is 5.45. The van der Waals surface area contributed by atoms with Gasteiger partial charge in [0.25, 0.3) is 0 Å². The molecular weight excluding hydrogens is 303 g/mol. The van der Waals surface area contributed by atoms with Crippen LogP contribution in [0.15, 0.2) is 22.7 Å². The number of hydrogen-bond donors (Lipinski definition) is 1. The van der Waals surface area contributed by atoms with Gasteiger partial charge in [-0.3, -0.25) is 0 Å². The molecule has 0 amide bonds. The molecular formula is C13H18BrClO2. The lowest BCUT2D eigenvalue weighted by atomic mass is 10.1. The summed E-state index contributed by atoms with van der Waals surface area (Å²) in [6.07, 6.45) is -0.0322. The van der Waals surface area contributed by atoms with Gasteiger partial charge in [0.1, 0.15) is 0 Å². The highest BCUT2D eigenvalue weighted by atomic mass is 79.9. The van der Waals surface area contributed by atoms with E-state index in [9.17, 15) is 5.11 Å². The largest absolute Gasteiger partial charge is 0.390 e. The summed E-state index contributed by atoms with van der Waals surface area (Å²) in [4.78, 5) is 0. The van der Waals surface area contributed by atoms with E-state index >= 15 is 0 Å². The molecule has 0 bridgehead atoms. The van der Waals surface area contributed by atoms with Crippen molar-refractivity contribution in [1.29, 1.82) is 0 Å². The van der Waals surface area contributed by atoms with Crippen molar-refractivity contribution in [1.82, 2.24) is 0 Å². The van der Waals surface area contributed by atoms with Crippen LogP contribution in [0.1, 0.15) is 26.3 Å². The quantitative estimate of drug-likeness (QED) is 0.913. The van der Waals surface area contributed by atoms with Crippen LogP contribution in [0.5, 0.6) is 0 Å². The number of aliphatic hydroxyl groups is 1. The van der Waals surface area contributed by atoms with Crippen molar-refractivity contribution in [2.45, 2.75) is 38.9 Å². The molecule has 0 fully saturated rings. The van der Waals surface area contributed by atoms with Crippen LogP contribution in [0.2, 0.25) is 5.02 Å². The zero-order valence-electron chi connectivity index (χ0n) is 10.3. The summed E-state index contributed by atoms with van der Waals surface area (Å²) in [5.74, 6) is 0. The van der Waals surface area contributed by atoms with Gasteiger partial charge in [0.05, 0.1) is 18.3 Å². The molecule has 0 saturated heterocycles. The van der Waals surface area contributed by atoms with Gasteiger partial charge < -0.3 is 9.84 Å². The van der Waals surface area contributed by atoms with Crippen molar-refractivity contribution in [3.05, 3.63) is 33.3 Å². The molecule has 2 nitrogen and oxygen atoms in total. The predicted molar refractivity (Wildman–Crippen MR) is 74.6 cm³/mol. The Balaban J connectivity index is 2.53. The average Bonchev–Trinajstić information content (AvgIpc) is 2.18. The lowest BCUT2D eigenvalue weighted by Crippen LogP contribution is -2.27. The average molecular weight is 322 g/mol. The summed E-state index contributed by atoms with van der Waals surface area (Å²) in [5, 5.41) is 10.5. The SMILES string of the molecule is CC(C)(C)OCC(O)Cc1ccc(Br)cc1Cl. The number of benzene rings is 1. The molecule has 1 rings (SSSR count). The summed E-state index contributed by atoms with van der Waals surface area (Å²) in [7, 11) is 0. The van der Waals surface area contributed by atoms with Crippen LogP contribution in [0.25, 0.3) is 0 Å². The monoisotopic (exact) mass is 320 g/mol. The maximum atomic E-state index is 9.86. The van der Waals surface area contributed by atoms with Gasteiger partial charge in [-0.25, -0.2) is 0 Å². The van der Waals surface area contributed by atoms with Crippen molar-refractivity contribution in [3.8, 4) is 0 Å². The molecule has 1 N–H and O–H groups in total. The minimum Gasteiger partial charge on any atom is -0.390 e. The molecule has 0 aliphatic carbocycles. The van der Waals surface area contributed by atoms with E-state index in [1.807, 2.05) is 39.0 Å². The molecule has 0 heterocycles. The smallest absolute Gasteiger partial charge is 0.0814 e. The lowest BCUT2D eigenvalue weighted by Gasteiger charge is -2.22. The number of aliphatic hydroxyl groups excluding tert-OH is 1. The van der Waals surface area contributed by atoms with Crippen molar-refractivity contribution in [2.75, 3.05) is 6.61 Å². The molecule has 0 spiro atoms. The Morgan fingerprint density at radius 3 is 2.59 bits per heavy atom. The van der Waals surface area contributed by atoms with E-state index in [0.29, 0.717) is 18.1 Å². The van der Waals surface area contributed by atoms with Crippen molar-refractivity contribution >= 4 is 27.5 Å². The Bertz CT molecular complexity index is 374. The van der Waals surface area contributed by atoms with Gasteiger partial charge in [0.2, 0.25) is 0 Å². The van der Waals surface area contributed by atoms with E-state index in [-0.39, 0.29) is 5.60 Å². The first-order valence-electron chi connectivity index (χ1n) is 5.54. The second-order valence-electron chi connectivity index (χ2n) is 5.02. The van der Waals surface area contributed by atoms with Gasteiger partial charge in [-0.15, -0.1) is 0 Å². The standard InChI is InChI=1S/C13H18BrClO2/c1-13(2,3)17-8-11(16)6-9-4-5-10(14)7-12(9)15/h4-5,7,11,16H,6,8H2,1-3H3. The fourth-order valence-corrected chi connectivity index (χ4v) is 2.10. The van der Waals surface area contributed by atoms with Gasteiger partial charge in [-0.05, 0) is 38.5 Å². The zero-order valence-corrected chi connectivity index (χ0v) is 12.7. The molecule has 0 aliphatic rings. The fraction of sp³-hybridized carbons (Fsp3) is 0.538. The van der Waals surface area contributed by atoms with E-state index in [2.05, 4.69) is 15.9 Å². The van der Waals surface area contributed by atoms with Gasteiger partial charge in [-0.2, -0.15) is 0 Å². The molecule has 1 atom stereocenters. The van der Waals surface area contributed by atoms with Crippen LogP contribution < -0.4 is 0 Å². The van der Waals surface area contributed by atoms with Gasteiger partial charge in [0.15, 0.2) is 0 Å². The topological polar surface area (TPSA) is 29.5 Å². The van der Waals surface area contributed by atoms with E-state index < -0.39 is 6.10 Å². The van der Waals surface area contributed by atoms with E-state index in [1.165, 1.54) is 0 Å². The number of hydrogen-bond acceptors (Lipinski definition) is 2. The fourth-order valence-electron chi connectivity index (χ4n) is 1.35. The summed E-state index contributed by atoms with van der Waals surface area (Å²) in [6, 6.07) is 5.65. The van der Waals surface area contributed by atoms with Crippen LogP contribution in [0.3, 0.4) is 0 Å². The highest BCUT2D eigenvalue weighted by molar-refractivity contribution is 9.10. The minimum absolute atomic E-state index is 0.232. The molecule has 0 radical (unpaired) electrons. The Morgan fingerprint density at radius 1 is 1.41 bits per heavy atom. The maximum absolute atomic E-state index is 9.86. The first kappa shape index (κ1) is 15.0. The van der Waals surface area contributed by atoms with Gasteiger partial charge in [0, 0.05) is 15.9 Å². The van der Waals surface area contributed by atoms with Gasteiger partial charge >= 0.3 is 0 Å². The zero-order chi connectivity index (χ0) is 13.1. The molecule has 0 aromatic heterocycles. The highest BCUT2D eigenvalue weighted by Gasteiger charge is 2.15. The third kappa shape index (κ3) is 5.87. The summed E-state index contributed by atoms with van der Waals surface area (Å²) < 4.78 is 6.46. The predicted octanol–water partition coefficient (Wildman–Crippen LogP) is 3.82. The van der Waals surface area contributed by atoms with Crippen LogP contribution in [0, 0.1) is 0 Å². The molecule has 0 aliphatic heterocycles. The molecule has 1 unspecified atom stereocenters. The Hall–Kier alpha value is -0.0900. The third-order valence-corrected chi connectivity index (χ3v) is 3.02. The van der Waals surface area contributed by atoms with Crippen molar-refractivity contribution in [2.24, 2.45) is 0 Å². The van der Waals surface area contributed by atoms with Crippen LogP contribution in [0.4, 0.5) is 0 Å². The van der Waals surface area contributed by atoms with Gasteiger partial charge in [-0.1, -0.05) is 33.6 Å². The van der Waals surface area contributed by atoms with E-state index in [1.54, 1.807) is 0 Å². The van der Waals surface area contributed by atoms with Crippen LogP contribution in [-0.2, 0) is 11.2 Å². The Labute approximate surface area is 116 Å². The van der Waals surface area contributed by atoms with Crippen LogP contribution in [-0.4, -0.2) is 23.4 Å². The molecule has 4 heteroatoms. The van der Waals surface area contributed by atoms with E-state index in [4.69, 9.17) is 16.3 Å². The second-order valence-corrected chi connectivity index (χ2v) is 6.34. The lowest BCUT2D eigenvalue weighted by molar-refractivity contribution is -0.0482. The number of halogens is 2. The molecule has 1 aromatic carbocycles. The first-order valence-corrected chi connectivity index (χ1v) is 6.71. The van der Waals surface area contributed by atoms with Crippen molar-refractivity contribution < 1.29 is 9.84 Å². The summed E-state index contributed by atoms with van der Waals surface area (Å²) in [6.45, 7) is 6.21. The normalized spacial score (nSPS) is 13.8. The molecule has 1 aromatic rings. The minimum atomic E-state index is -0.534. The Morgan fingerprint density at radius 2 is 2.06 bits per heavy atom. The molecule has 0 saturated carbocycles. The number of rotatable bonds is 4. The second kappa shape index (κ2) is 6.19. The van der Waals surface area contributed by atoms with E-state index in [0.717, 1.165) is 10.0 Å². The maximum Gasteiger partial charge on any atom is 0.0814 e. The first-order chi connectivity index (χ1) is 7.78. The molecule has 96 valence electrons. The van der Waals surface area contributed by atoms with Crippen LogP contribution >= 0.6 is 27.5 Å². The summed E-state index contributed by atoms with van der Waals surface area (Å²) >= 11 is 9.43. The van der Waals surface area contributed by atoms with Crippen molar-refractivity contribution in [3.63, 3.8) is 0 Å². The third-order valence-electron chi connectivity index (χ3n) is 2.18.